The van der Waals surface area contributed by atoms with Gasteiger partial charge in [-0.15, -0.1) is 0 Å². The van der Waals surface area contributed by atoms with Gasteiger partial charge in [-0.25, -0.2) is 8.78 Å². The van der Waals surface area contributed by atoms with Crippen LogP contribution in [0.3, 0.4) is 0 Å². The number of nitriles is 1. The molecule has 1 saturated carbocycles. The van der Waals surface area contributed by atoms with Gasteiger partial charge < -0.3 is 0 Å². The third-order valence-electron chi connectivity index (χ3n) is 0.982. The lowest BCUT2D eigenvalue weighted by Gasteiger charge is -1.80. The average Bonchev–Trinajstić information content (AvgIpc) is 2.13. The molecule has 0 aromatic heterocycles. The minimum atomic E-state index is -2.64. The first-order valence-electron chi connectivity index (χ1n) is 1.94. The van der Waals surface area contributed by atoms with E-state index in [0.717, 1.165) is 0 Å². The Bertz CT molecular complexity index is 124. The molecule has 0 N–H and O–H groups in total. The van der Waals surface area contributed by atoms with E-state index in [0.29, 0.717) is 0 Å². The van der Waals surface area contributed by atoms with Crippen molar-refractivity contribution in [2.24, 2.45) is 5.92 Å². The quantitative estimate of drug-likeness (QED) is 0.451. The van der Waals surface area contributed by atoms with Gasteiger partial charge in [-0.3, -0.25) is 0 Å². The van der Waals surface area contributed by atoms with Crippen molar-refractivity contribution in [2.45, 2.75) is 12.3 Å². The molecule has 1 nitrogen and oxygen atoms in total. The van der Waals surface area contributed by atoms with Crippen LogP contribution in [-0.4, -0.2) is 5.92 Å². The smallest absolute Gasteiger partial charge is 0.205 e. The van der Waals surface area contributed by atoms with Crippen LogP contribution < -0.4 is 0 Å². The maximum Gasteiger partial charge on any atom is 0.265 e. The predicted octanol–water partition coefficient (Wildman–Crippen LogP) is 1.17. The zero-order valence-electron chi connectivity index (χ0n) is 3.49. The number of alkyl halides is 2. The minimum Gasteiger partial charge on any atom is -0.205 e. The van der Waals surface area contributed by atoms with Crippen molar-refractivity contribution in [1.82, 2.24) is 0 Å². The summed E-state index contributed by atoms with van der Waals surface area (Å²) >= 11 is 0. The van der Waals surface area contributed by atoms with E-state index in [2.05, 4.69) is 0 Å². The lowest BCUT2D eigenvalue weighted by molar-refractivity contribution is 0.108. The molecule has 0 bridgehead atoms. The highest BCUT2D eigenvalue weighted by atomic mass is 19.3. The second-order valence-corrected chi connectivity index (χ2v) is 1.65. The Labute approximate surface area is 39.6 Å². The van der Waals surface area contributed by atoms with E-state index in [4.69, 9.17) is 5.26 Å². The summed E-state index contributed by atoms with van der Waals surface area (Å²) < 4.78 is 23.1. The first kappa shape index (κ1) is 4.51. The Balaban J connectivity index is 2.49. The van der Waals surface area contributed by atoms with Gasteiger partial charge in [0.2, 0.25) is 0 Å². The van der Waals surface area contributed by atoms with Crippen molar-refractivity contribution in [3.8, 4) is 6.07 Å². The summed E-state index contributed by atoms with van der Waals surface area (Å²) in [5.74, 6) is -3.62. The third kappa shape index (κ3) is 0.560. The highest BCUT2D eigenvalue weighted by Crippen LogP contribution is 2.47. The molecule has 3 heteroatoms. The van der Waals surface area contributed by atoms with E-state index < -0.39 is 11.8 Å². The van der Waals surface area contributed by atoms with Crippen LogP contribution in [0.2, 0.25) is 0 Å². The Morgan fingerprint density at radius 3 is 2.14 bits per heavy atom. The van der Waals surface area contributed by atoms with Crippen molar-refractivity contribution in [3.05, 3.63) is 0 Å². The standard InChI is InChI=1S/C4H3F2N/c5-4(6)1-3(4)2-7/h3H,1H2/t3-/m0/s1. The summed E-state index contributed by atoms with van der Waals surface area (Å²) in [5.41, 5.74) is 0. The molecule has 0 radical (unpaired) electrons. The summed E-state index contributed by atoms with van der Waals surface area (Å²) in [4.78, 5) is 0. The van der Waals surface area contributed by atoms with Crippen LogP contribution in [0.15, 0.2) is 0 Å². The van der Waals surface area contributed by atoms with Gasteiger partial charge in [-0.1, -0.05) is 0 Å². The zero-order chi connectivity index (χ0) is 5.49. The minimum absolute atomic E-state index is 0.233. The molecule has 0 aromatic carbocycles. The molecule has 1 fully saturated rings. The van der Waals surface area contributed by atoms with E-state index in [9.17, 15) is 8.78 Å². The van der Waals surface area contributed by atoms with Crippen molar-refractivity contribution in [1.29, 1.82) is 5.26 Å². The monoisotopic (exact) mass is 103 g/mol. The second-order valence-electron chi connectivity index (χ2n) is 1.65. The largest absolute Gasteiger partial charge is 0.265 e. The molecule has 0 unspecified atom stereocenters. The van der Waals surface area contributed by atoms with Crippen LogP contribution in [0.25, 0.3) is 0 Å². The topological polar surface area (TPSA) is 23.8 Å². The fourth-order valence-electron chi connectivity index (χ4n) is 0.353. The van der Waals surface area contributed by atoms with Crippen LogP contribution in [0.1, 0.15) is 6.42 Å². The Morgan fingerprint density at radius 2 is 2.14 bits per heavy atom. The van der Waals surface area contributed by atoms with Gasteiger partial charge in [-0.2, -0.15) is 5.26 Å². The third-order valence-corrected chi connectivity index (χ3v) is 0.982. The number of nitrogens with zero attached hydrogens (tertiary/aromatic N) is 1. The van der Waals surface area contributed by atoms with Gasteiger partial charge >= 0.3 is 0 Å². The van der Waals surface area contributed by atoms with Gasteiger partial charge in [0.05, 0.1) is 6.07 Å². The average molecular weight is 103 g/mol. The number of halogens is 2. The molecular formula is C4H3F2N. The molecule has 7 heavy (non-hydrogen) atoms. The summed E-state index contributed by atoms with van der Waals surface area (Å²) in [7, 11) is 0. The highest BCUT2D eigenvalue weighted by Gasteiger charge is 2.57. The van der Waals surface area contributed by atoms with E-state index in [1.54, 1.807) is 0 Å². The van der Waals surface area contributed by atoms with Crippen LogP contribution in [0.5, 0.6) is 0 Å². The molecule has 1 atom stereocenters. The van der Waals surface area contributed by atoms with Crippen LogP contribution >= 0.6 is 0 Å². The van der Waals surface area contributed by atoms with Gasteiger partial charge in [-0.05, 0) is 0 Å². The van der Waals surface area contributed by atoms with Gasteiger partial charge in [0, 0.05) is 6.42 Å². The fraction of sp³-hybridized carbons (Fsp3) is 0.750. The van der Waals surface area contributed by atoms with Crippen molar-refractivity contribution in [3.63, 3.8) is 0 Å². The van der Waals surface area contributed by atoms with Gasteiger partial charge in [0.1, 0.15) is 5.92 Å². The van der Waals surface area contributed by atoms with Crippen molar-refractivity contribution >= 4 is 0 Å². The SMILES string of the molecule is N#C[C@@H]1CC1(F)F. The molecule has 1 aliphatic carbocycles. The van der Waals surface area contributed by atoms with Gasteiger partial charge in [0.25, 0.3) is 5.92 Å². The summed E-state index contributed by atoms with van der Waals surface area (Å²) in [6, 6.07) is 1.48. The van der Waals surface area contributed by atoms with E-state index in [1.165, 1.54) is 6.07 Å². The molecule has 0 amide bonds. The lowest BCUT2D eigenvalue weighted by Crippen LogP contribution is -1.88. The first-order chi connectivity index (χ1) is 3.17. The molecule has 0 aliphatic heterocycles. The van der Waals surface area contributed by atoms with Crippen LogP contribution in [0.4, 0.5) is 8.78 Å². The zero-order valence-corrected chi connectivity index (χ0v) is 3.49. The van der Waals surface area contributed by atoms with Crippen LogP contribution in [0, 0.1) is 17.2 Å². The number of hydrogen-bond donors (Lipinski definition) is 0. The predicted molar refractivity (Wildman–Crippen MR) is 18.7 cm³/mol. The van der Waals surface area contributed by atoms with Gasteiger partial charge in [0.15, 0.2) is 0 Å². The molecule has 0 saturated heterocycles. The van der Waals surface area contributed by atoms with Crippen LogP contribution in [-0.2, 0) is 0 Å². The molecule has 1 aliphatic rings. The van der Waals surface area contributed by atoms with E-state index in [1.807, 2.05) is 0 Å². The number of rotatable bonds is 0. The lowest BCUT2D eigenvalue weighted by atomic mass is 10.5. The Morgan fingerprint density at radius 1 is 1.71 bits per heavy atom. The first-order valence-corrected chi connectivity index (χ1v) is 1.94. The van der Waals surface area contributed by atoms with E-state index >= 15 is 0 Å². The molecule has 0 aromatic rings. The van der Waals surface area contributed by atoms with E-state index in [-0.39, 0.29) is 6.42 Å². The Hall–Kier alpha value is -0.650. The maximum absolute atomic E-state index is 11.6. The molecule has 38 valence electrons. The summed E-state index contributed by atoms with van der Waals surface area (Å²) in [5, 5.41) is 7.81. The second kappa shape index (κ2) is 0.945. The highest BCUT2D eigenvalue weighted by molar-refractivity contribution is 5.08. The summed E-state index contributed by atoms with van der Waals surface area (Å²) in [6.45, 7) is 0. The molecule has 1 rings (SSSR count). The normalized spacial score (nSPS) is 34.1. The Kier molecular flexibility index (Phi) is 0.609. The maximum atomic E-state index is 11.6. The molecule has 0 heterocycles. The fourth-order valence-corrected chi connectivity index (χ4v) is 0.353. The molecule has 0 spiro atoms. The molecular weight excluding hydrogens is 100 g/mol. The van der Waals surface area contributed by atoms with Crippen molar-refractivity contribution < 1.29 is 8.78 Å². The summed E-state index contributed by atoms with van der Waals surface area (Å²) in [6.07, 6.45) is -0.233. The number of hydrogen-bond acceptors (Lipinski definition) is 1. The van der Waals surface area contributed by atoms with Crippen molar-refractivity contribution in [2.75, 3.05) is 0 Å².